The Kier molecular flexibility index (Phi) is 5.03. The first kappa shape index (κ1) is 19.7. The van der Waals surface area contributed by atoms with E-state index >= 15 is 0 Å². The highest BCUT2D eigenvalue weighted by molar-refractivity contribution is 6.09. The molecule has 30 heavy (non-hydrogen) atoms. The van der Waals surface area contributed by atoms with Gasteiger partial charge in [-0.25, -0.2) is 4.68 Å². The number of Topliss-reactive ketones (excluding diaryl/α,β-unsaturated/α-hetero) is 1. The summed E-state index contributed by atoms with van der Waals surface area (Å²) in [5.41, 5.74) is 3.75. The van der Waals surface area contributed by atoms with E-state index in [0.29, 0.717) is 28.6 Å². The van der Waals surface area contributed by atoms with Crippen molar-refractivity contribution in [3.05, 3.63) is 64.8 Å². The normalized spacial score (nSPS) is 15.3. The van der Waals surface area contributed by atoms with Gasteiger partial charge < -0.3 is 14.8 Å². The number of aryl methyl sites for hydroxylation is 2. The zero-order valence-corrected chi connectivity index (χ0v) is 17.4. The topological polar surface area (TPSA) is 82.4 Å². The van der Waals surface area contributed by atoms with Crippen LogP contribution in [0.5, 0.6) is 11.5 Å². The number of carbonyl (C=O) groups is 2. The van der Waals surface area contributed by atoms with Gasteiger partial charge in [0.25, 0.3) is 0 Å². The van der Waals surface area contributed by atoms with Crippen molar-refractivity contribution in [2.24, 2.45) is 0 Å². The Hall–Kier alpha value is -3.61. The number of hydrogen-bond donors (Lipinski definition) is 1. The van der Waals surface area contributed by atoms with Crippen LogP contribution in [-0.2, 0) is 4.79 Å². The van der Waals surface area contributed by atoms with Gasteiger partial charge >= 0.3 is 0 Å². The number of anilines is 1. The lowest BCUT2D eigenvalue weighted by Gasteiger charge is -2.24. The monoisotopic (exact) mass is 405 g/mol. The standard InChI is InChI=1S/C23H23N3O4/c1-13-5-7-15(8-6-13)26-23-21(14(2)25-26)18(12-20(27)24-23)22(28)17-11-16(29-3)9-10-19(17)30-4/h5-11,18H,12H2,1-4H3,(H,24,27). The number of hydrogen-bond acceptors (Lipinski definition) is 5. The minimum absolute atomic E-state index is 0.0482. The van der Waals surface area contributed by atoms with Gasteiger partial charge in [0.15, 0.2) is 5.78 Å². The fourth-order valence-electron chi connectivity index (χ4n) is 3.84. The molecule has 1 aliphatic heterocycles. The maximum absolute atomic E-state index is 13.5. The van der Waals surface area contributed by atoms with Crippen molar-refractivity contribution in [2.75, 3.05) is 19.5 Å². The first-order chi connectivity index (χ1) is 14.4. The number of aromatic nitrogens is 2. The minimum atomic E-state index is -0.658. The molecule has 1 aromatic heterocycles. The first-order valence-corrected chi connectivity index (χ1v) is 9.65. The van der Waals surface area contributed by atoms with E-state index in [1.807, 2.05) is 38.1 Å². The predicted octanol–water partition coefficient (Wildman–Crippen LogP) is 3.82. The number of benzene rings is 2. The minimum Gasteiger partial charge on any atom is -0.497 e. The number of methoxy groups -OCH3 is 2. The summed E-state index contributed by atoms with van der Waals surface area (Å²) < 4.78 is 12.3. The number of ether oxygens (including phenoxy) is 2. The number of nitrogens with one attached hydrogen (secondary N) is 1. The van der Waals surface area contributed by atoms with Crippen molar-refractivity contribution in [3.63, 3.8) is 0 Å². The molecule has 0 bridgehead atoms. The van der Waals surface area contributed by atoms with E-state index in [4.69, 9.17) is 9.47 Å². The fourth-order valence-corrected chi connectivity index (χ4v) is 3.84. The maximum Gasteiger partial charge on any atom is 0.226 e. The van der Waals surface area contributed by atoms with Gasteiger partial charge in [-0.3, -0.25) is 9.59 Å². The number of amides is 1. The summed E-state index contributed by atoms with van der Waals surface area (Å²) in [5.74, 6) is 0.440. The number of carbonyl (C=O) groups excluding carboxylic acids is 2. The van der Waals surface area contributed by atoms with Gasteiger partial charge in [0.1, 0.15) is 17.3 Å². The second-order valence-electron chi connectivity index (χ2n) is 7.33. The number of ketones is 1. The highest BCUT2D eigenvalue weighted by Gasteiger charge is 2.37. The zero-order chi connectivity index (χ0) is 21.4. The molecule has 0 saturated carbocycles. The van der Waals surface area contributed by atoms with Gasteiger partial charge in [-0.05, 0) is 44.2 Å². The van der Waals surface area contributed by atoms with Crippen LogP contribution in [0.25, 0.3) is 5.69 Å². The molecule has 2 heterocycles. The van der Waals surface area contributed by atoms with E-state index in [0.717, 1.165) is 16.8 Å². The van der Waals surface area contributed by atoms with Crippen LogP contribution in [0.2, 0.25) is 0 Å². The molecule has 0 aliphatic carbocycles. The van der Waals surface area contributed by atoms with Gasteiger partial charge in [-0.1, -0.05) is 17.7 Å². The third kappa shape index (κ3) is 3.32. The van der Waals surface area contributed by atoms with Crippen molar-refractivity contribution in [2.45, 2.75) is 26.2 Å². The lowest BCUT2D eigenvalue weighted by molar-refractivity contribution is -0.116. The highest BCUT2D eigenvalue weighted by atomic mass is 16.5. The Morgan fingerprint density at radius 1 is 1.10 bits per heavy atom. The van der Waals surface area contributed by atoms with E-state index in [2.05, 4.69) is 10.4 Å². The summed E-state index contributed by atoms with van der Waals surface area (Å²) in [7, 11) is 3.05. The van der Waals surface area contributed by atoms with Crippen molar-refractivity contribution < 1.29 is 19.1 Å². The van der Waals surface area contributed by atoms with E-state index in [9.17, 15) is 9.59 Å². The van der Waals surface area contributed by atoms with Gasteiger partial charge in [0, 0.05) is 12.0 Å². The van der Waals surface area contributed by atoms with Crippen LogP contribution in [0.15, 0.2) is 42.5 Å². The van der Waals surface area contributed by atoms with Crippen LogP contribution in [-0.4, -0.2) is 35.7 Å². The smallest absolute Gasteiger partial charge is 0.226 e. The van der Waals surface area contributed by atoms with Crippen molar-refractivity contribution in [1.82, 2.24) is 9.78 Å². The van der Waals surface area contributed by atoms with Gasteiger partial charge in [-0.15, -0.1) is 0 Å². The van der Waals surface area contributed by atoms with Crippen LogP contribution < -0.4 is 14.8 Å². The lowest BCUT2D eigenvalue weighted by Crippen LogP contribution is -2.28. The Morgan fingerprint density at radius 3 is 2.50 bits per heavy atom. The second-order valence-corrected chi connectivity index (χ2v) is 7.33. The summed E-state index contributed by atoms with van der Waals surface area (Å²) >= 11 is 0. The molecule has 1 unspecified atom stereocenters. The molecule has 0 radical (unpaired) electrons. The molecule has 7 heteroatoms. The quantitative estimate of drug-likeness (QED) is 0.653. The largest absolute Gasteiger partial charge is 0.497 e. The third-order valence-corrected chi connectivity index (χ3v) is 5.37. The molecule has 0 fully saturated rings. The molecular formula is C23H23N3O4. The Balaban J connectivity index is 1.82. The molecule has 1 amide bonds. The summed E-state index contributed by atoms with van der Waals surface area (Å²) in [4.78, 5) is 26.1. The molecule has 4 rings (SSSR count). The van der Waals surface area contributed by atoms with Gasteiger partial charge in [0.2, 0.25) is 5.91 Å². The van der Waals surface area contributed by atoms with Crippen molar-refractivity contribution in [3.8, 4) is 17.2 Å². The second kappa shape index (κ2) is 7.67. The first-order valence-electron chi connectivity index (χ1n) is 9.65. The van der Waals surface area contributed by atoms with Crippen LogP contribution in [0, 0.1) is 13.8 Å². The van der Waals surface area contributed by atoms with Crippen LogP contribution in [0.1, 0.15) is 39.5 Å². The summed E-state index contributed by atoms with van der Waals surface area (Å²) in [6.45, 7) is 3.86. The highest BCUT2D eigenvalue weighted by Crippen LogP contribution is 2.40. The Labute approximate surface area is 174 Å². The molecule has 0 spiro atoms. The molecule has 1 N–H and O–H groups in total. The summed E-state index contributed by atoms with van der Waals surface area (Å²) in [6.07, 6.45) is 0.0482. The average Bonchev–Trinajstić information content (AvgIpc) is 3.08. The molecule has 3 aromatic rings. The number of rotatable bonds is 5. The molecule has 1 atom stereocenters. The van der Waals surface area contributed by atoms with Gasteiger partial charge in [-0.2, -0.15) is 5.10 Å². The van der Waals surface area contributed by atoms with E-state index in [1.54, 1.807) is 22.9 Å². The van der Waals surface area contributed by atoms with Crippen LogP contribution in [0.3, 0.4) is 0 Å². The summed E-state index contributed by atoms with van der Waals surface area (Å²) in [6, 6.07) is 12.9. The Bertz CT molecular complexity index is 1130. The summed E-state index contributed by atoms with van der Waals surface area (Å²) in [5, 5.41) is 7.53. The van der Waals surface area contributed by atoms with Gasteiger partial charge in [0.05, 0.1) is 37.1 Å². The Morgan fingerprint density at radius 2 is 1.83 bits per heavy atom. The third-order valence-electron chi connectivity index (χ3n) is 5.37. The van der Waals surface area contributed by atoms with Crippen LogP contribution >= 0.6 is 0 Å². The number of nitrogens with zero attached hydrogens (tertiary/aromatic N) is 2. The van der Waals surface area contributed by atoms with E-state index in [-0.39, 0.29) is 18.1 Å². The molecule has 7 nitrogen and oxygen atoms in total. The zero-order valence-electron chi connectivity index (χ0n) is 17.4. The van der Waals surface area contributed by atoms with Crippen molar-refractivity contribution in [1.29, 1.82) is 0 Å². The predicted molar refractivity (Wildman–Crippen MR) is 113 cm³/mol. The lowest BCUT2D eigenvalue weighted by atomic mass is 9.85. The molecule has 154 valence electrons. The number of fused-ring (bicyclic) bond motifs is 1. The maximum atomic E-state index is 13.5. The van der Waals surface area contributed by atoms with Crippen LogP contribution in [0.4, 0.5) is 5.82 Å². The van der Waals surface area contributed by atoms with E-state index < -0.39 is 5.92 Å². The average molecular weight is 405 g/mol. The molecule has 0 saturated heterocycles. The molecule has 1 aliphatic rings. The SMILES string of the molecule is COc1ccc(OC)c(C(=O)C2CC(=O)Nc3c2c(C)nn3-c2ccc(C)cc2)c1. The van der Waals surface area contributed by atoms with Crippen molar-refractivity contribution >= 4 is 17.5 Å². The fraction of sp³-hybridized carbons (Fsp3) is 0.261. The molecular weight excluding hydrogens is 382 g/mol. The molecule has 2 aromatic carbocycles. The van der Waals surface area contributed by atoms with E-state index in [1.165, 1.54) is 14.2 Å².